The van der Waals surface area contributed by atoms with Gasteiger partial charge in [-0.2, -0.15) is 4.80 Å². The molecule has 1 N–H and O–H groups in total. The molecule has 0 aliphatic heterocycles. The van der Waals surface area contributed by atoms with Gasteiger partial charge in [0.05, 0.1) is 5.92 Å². The zero-order valence-electron chi connectivity index (χ0n) is 14.3. The van der Waals surface area contributed by atoms with Crippen LogP contribution >= 0.6 is 11.6 Å². The lowest BCUT2D eigenvalue weighted by Gasteiger charge is -2.23. The molecule has 1 amide bonds. The summed E-state index contributed by atoms with van der Waals surface area (Å²) in [5.74, 6) is -1.46. The summed E-state index contributed by atoms with van der Waals surface area (Å²) in [6, 6.07) is 6.35. The Kier molecular flexibility index (Phi) is 6.08. The van der Waals surface area contributed by atoms with E-state index in [9.17, 15) is 9.59 Å². The first-order chi connectivity index (χ1) is 11.8. The van der Waals surface area contributed by atoms with Crippen LogP contribution in [0.2, 0.25) is 5.02 Å². The second kappa shape index (κ2) is 8.06. The highest BCUT2D eigenvalue weighted by atomic mass is 35.5. The van der Waals surface area contributed by atoms with E-state index in [4.69, 9.17) is 16.7 Å². The summed E-state index contributed by atoms with van der Waals surface area (Å²) in [5.41, 5.74) is 0.741. The Morgan fingerprint density at radius 3 is 2.52 bits per heavy atom. The fraction of sp³-hybridized carbons (Fsp3) is 0.438. The summed E-state index contributed by atoms with van der Waals surface area (Å²) in [6.07, 6.45) is 0.459. The lowest BCUT2D eigenvalue weighted by atomic mass is 10.1. The van der Waals surface area contributed by atoms with Crippen LogP contribution < -0.4 is 0 Å². The molecule has 9 heteroatoms. The minimum atomic E-state index is -0.948. The number of hydrogen-bond acceptors (Lipinski definition) is 5. The van der Waals surface area contributed by atoms with E-state index in [0.29, 0.717) is 17.3 Å². The predicted octanol–water partition coefficient (Wildman–Crippen LogP) is 2.12. The third-order valence-corrected chi connectivity index (χ3v) is 4.08. The van der Waals surface area contributed by atoms with Crippen molar-refractivity contribution in [3.05, 3.63) is 29.3 Å². The number of hydrogen-bond donors (Lipinski definition) is 1. The summed E-state index contributed by atoms with van der Waals surface area (Å²) < 4.78 is 0. The first-order valence-corrected chi connectivity index (χ1v) is 8.24. The van der Waals surface area contributed by atoms with Gasteiger partial charge in [-0.05, 0) is 35.9 Å². The summed E-state index contributed by atoms with van der Waals surface area (Å²) in [7, 11) is 1.57. The van der Waals surface area contributed by atoms with E-state index in [0.717, 1.165) is 5.56 Å². The highest BCUT2D eigenvalue weighted by Crippen LogP contribution is 2.19. The van der Waals surface area contributed by atoms with Gasteiger partial charge < -0.3 is 10.0 Å². The highest BCUT2D eigenvalue weighted by molar-refractivity contribution is 6.30. The predicted molar refractivity (Wildman–Crippen MR) is 92.0 cm³/mol. The van der Waals surface area contributed by atoms with Crippen LogP contribution in [0.1, 0.15) is 26.3 Å². The molecule has 1 aromatic carbocycles. The molecule has 0 aliphatic carbocycles. The SMILES string of the molecule is CCC(C(=O)N(C)CC(C)C(=O)O)n1nnc(-c2ccc(Cl)cc2)n1. The standard InChI is InChI=1S/C16H20ClN5O3/c1-4-13(15(23)21(3)9-10(2)16(24)25)22-19-14(18-20-22)11-5-7-12(17)8-6-11/h5-8,10,13H,4,9H2,1-3H3,(H,24,25). The second-order valence-corrected chi connectivity index (χ2v) is 6.26. The molecule has 2 aromatic rings. The van der Waals surface area contributed by atoms with Gasteiger partial charge in [0.25, 0.3) is 0 Å². The molecule has 134 valence electrons. The largest absolute Gasteiger partial charge is 0.481 e. The van der Waals surface area contributed by atoms with Gasteiger partial charge in [-0.1, -0.05) is 25.4 Å². The Labute approximate surface area is 150 Å². The van der Waals surface area contributed by atoms with Gasteiger partial charge in [0, 0.05) is 24.2 Å². The summed E-state index contributed by atoms with van der Waals surface area (Å²) in [6.45, 7) is 3.51. The van der Waals surface area contributed by atoms with E-state index in [-0.39, 0.29) is 12.5 Å². The highest BCUT2D eigenvalue weighted by Gasteiger charge is 2.27. The van der Waals surface area contributed by atoms with Crippen LogP contribution in [-0.2, 0) is 9.59 Å². The average molecular weight is 366 g/mol. The molecular formula is C16H20ClN5O3. The van der Waals surface area contributed by atoms with Gasteiger partial charge >= 0.3 is 5.97 Å². The van der Waals surface area contributed by atoms with Crippen molar-refractivity contribution in [2.75, 3.05) is 13.6 Å². The second-order valence-electron chi connectivity index (χ2n) is 5.82. The third-order valence-electron chi connectivity index (χ3n) is 3.83. The van der Waals surface area contributed by atoms with E-state index >= 15 is 0 Å². The normalized spacial score (nSPS) is 13.3. The third kappa shape index (κ3) is 4.54. The number of tetrazole rings is 1. The van der Waals surface area contributed by atoms with Crippen molar-refractivity contribution < 1.29 is 14.7 Å². The van der Waals surface area contributed by atoms with Gasteiger partial charge in [-0.25, -0.2) is 0 Å². The molecule has 8 nitrogen and oxygen atoms in total. The van der Waals surface area contributed by atoms with Crippen molar-refractivity contribution in [1.29, 1.82) is 0 Å². The maximum atomic E-state index is 12.6. The topological polar surface area (TPSA) is 101 Å². The number of likely N-dealkylation sites (N-methyl/N-ethyl adjacent to an activating group) is 1. The zero-order chi connectivity index (χ0) is 18.6. The minimum Gasteiger partial charge on any atom is -0.481 e. The van der Waals surface area contributed by atoms with Crippen molar-refractivity contribution >= 4 is 23.5 Å². The number of rotatable bonds is 7. The van der Waals surface area contributed by atoms with Gasteiger partial charge in [0.15, 0.2) is 6.04 Å². The first-order valence-electron chi connectivity index (χ1n) is 7.86. The first kappa shape index (κ1) is 18.9. The van der Waals surface area contributed by atoms with Crippen molar-refractivity contribution in [2.45, 2.75) is 26.3 Å². The summed E-state index contributed by atoms with van der Waals surface area (Å²) >= 11 is 5.86. The van der Waals surface area contributed by atoms with Crippen LogP contribution in [0.25, 0.3) is 11.4 Å². The molecule has 2 unspecified atom stereocenters. The Morgan fingerprint density at radius 1 is 1.32 bits per heavy atom. The number of carbonyl (C=O) groups is 2. The minimum absolute atomic E-state index is 0.114. The molecule has 0 fully saturated rings. The molecule has 0 spiro atoms. The molecule has 1 aromatic heterocycles. The van der Waals surface area contributed by atoms with Crippen LogP contribution in [0, 0.1) is 5.92 Å². The zero-order valence-corrected chi connectivity index (χ0v) is 15.0. The van der Waals surface area contributed by atoms with E-state index in [1.807, 2.05) is 6.92 Å². The molecular weight excluding hydrogens is 346 g/mol. The van der Waals surface area contributed by atoms with Crippen molar-refractivity contribution in [3.63, 3.8) is 0 Å². The number of benzene rings is 1. The van der Waals surface area contributed by atoms with Crippen LogP contribution in [0.15, 0.2) is 24.3 Å². The Bertz CT molecular complexity index is 746. The van der Waals surface area contributed by atoms with Crippen LogP contribution in [0.4, 0.5) is 0 Å². The summed E-state index contributed by atoms with van der Waals surface area (Å²) in [5, 5.41) is 21.8. The van der Waals surface area contributed by atoms with Crippen LogP contribution in [-0.4, -0.2) is 55.7 Å². The fourth-order valence-electron chi connectivity index (χ4n) is 2.34. The quantitative estimate of drug-likeness (QED) is 0.806. The number of aromatic nitrogens is 4. The number of nitrogens with zero attached hydrogens (tertiary/aromatic N) is 5. The number of aliphatic carboxylic acids is 1. The molecule has 2 rings (SSSR count). The molecule has 0 saturated carbocycles. The fourth-order valence-corrected chi connectivity index (χ4v) is 2.47. The molecule has 0 saturated heterocycles. The molecule has 2 atom stereocenters. The maximum absolute atomic E-state index is 12.6. The monoisotopic (exact) mass is 365 g/mol. The maximum Gasteiger partial charge on any atom is 0.308 e. The lowest BCUT2D eigenvalue weighted by Crippen LogP contribution is -2.39. The number of carboxylic acid groups (broad SMARTS) is 1. The van der Waals surface area contributed by atoms with E-state index in [1.165, 1.54) is 9.70 Å². The average Bonchev–Trinajstić information content (AvgIpc) is 3.05. The number of halogens is 1. The Hall–Kier alpha value is -2.48. The molecule has 25 heavy (non-hydrogen) atoms. The van der Waals surface area contributed by atoms with Crippen LogP contribution in [0.5, 0.6) is 0 Å². The number of carboxylic acids is 1. The number of amides is 1. The van der Waals surface area contributed by atoms with E-state index < -0.39 is 17.9 Å². The van der Waals surface area contributed by atoms with Crippen LogP contribution in [0.3, 0.4) is 0 Å². The molecule has 1 heterocycles. The molecule has 0 radical (unpaired) electrons. The van der Waals surface area contributed by atoms with E-state index in [2.05, 4.69) is 15.4 Å². The number of carbonyl (C=O) groups excluding carboxylic acids is 1. The Morgan fingerprint density at radius 2 is 1.96 bits per heavy atom. The Balaban J connectivity index is 2.16. The summed E-state index contributed by atoms with van der Waals surface area (Å²) in [4.78, 5) is 26.2. The van der Waals surface area contributed by atoms with Crippen molar-refractivity contribution in [1.82, 2.24) is 25.1 Å². The van der Waals surface area contributed by atoms with Crippen molar-refractivity contribution in [3.8, 4) is 11.4 Å². The van der Waals surface area contributed by atoms with Gasteiger partial charge in [-0.15, -0.1) is 10.2 Å². The van der Waals surface area contributed by atoms with E-state index in [1.54, 1.807) is 38.2 Å². The molecule has 0 bridgehead atoms. The van der Waals surface area contributed by atoms with Gasteiger partial charge in [0.2, 0.25) is 11.7 Å². The van der Waals surface area contributed by atoms with Crippen molar-refractivity contribution in [2.24, 2.45) is 5.92 Å². The van der Waals surface area contributed by atoms with Gasteiger partial charge in [0.1, 0.15) is 0 Å². The van der Waals surface area contributed by atoms with Gasteiger partial charge in [-0.3, -0.25) is 9.59 Å². The lowest BCUT2D eigenvalue weighted by molar-refractivity contribution is -0.143. The smallest absolute Gasteiger partial charge is 0.308 e. The molecule has 0 aliphatic rings.